The molecule has 3 nitrogen and oxygen atoms in total. The van der Waals surface area contributed by atoms with Crippen molar-refractivity contribution in [3.05, 3.63) is 59.2 Å². The second kappa shape index (κ2) is 5.78. The van der Waals surface area contributed by atoms with Crippen LogP contribution in [-0.4, -0.2) is 11.1 Å². The van der Waals surface area contributed by atoms with Crippen molar-refractivity contribution < 1.29 is 14.6 Å². The van der Waals surface area contributed by atoms with Crippen molar-refractivity contribution in [2.45, 2.75) is 26.7 Å². The lowest BCUT2D eigenvalue weighted by molar-refractivity contribution is 0.0696. The van der Waals surface area contributed by atoms with E-state index in [1.165, 1.54) is 5.56 Å². The molecule has 0 radical (unpaired) electrons. The number of aryl methyl sites for hydroxylation is 1. The van der Waals surface area contributed by atoms with E-state index >= 15 is 0 Å². The van der Waals surface area contributed by atoms with Gasteiger partial charge < -0.3 is 9.84 Å². The van der Waals surface area contributed by atoms with E-state index in [0.29, 0.717) is 17.4 Å². The van der Waals surface area contributed by atoms with Crippen molar-refractivity contribution in [2.24, 2.45) is 0 Å². The minimum Gasteiger partial charge on any atom is -0.478 e. The zero-order valence-corrected chi connectivity index (χ0v) is 11.9. The predicted molar refractivity (Wildman–Crippen MR) is 78.7 cm³/mol. The number of ether oxygens (including phenoxy) is 1. The van der Waals surface area contributed by atoms with Crippen LogP contribution in [-0.2, 0) is 0 Å². The van der Waals surface area contributed by atoms with E-state index in [9.17, 15) is 4.79 Å². The van der Waals surface area contributed by atoms with Gasteiger partial charge in [0, 0.05) is 0 Å². The van der Waals surface area contributed by atoms with Crippen molar-refractivity contribution in [1.82, 2.24) is 0 Å². The summed E-state index contributed by atoms with van der Waals surface area (Å²) in [5.41, 5.74) is 2.38. The minimum absolute atomic E-state index is 0.226. The first-order chi connectivity index (χ1) is 9.47. The van der Waals surface area contributed by atoms with E-state index in [0.717, 1.165) is 5.56 Å². The van der Waals surface area contributed by atoms with E-state index in [-0.39, 0.29) is 5.56 Å². The fourth-order valence-corrected chi connectivity index (χ4v) is 1.89. The SMILES string of the molecule is Cc1ccc(C(=O)O)cc1Oc1ccc(C(C)C)cc1. The van der Waals surface area contributed by atoms with Crippen LogP contribution in [0, 0.1) is 6.92 Å². The van der Waals surface area contributed by atoms with Crippen molar-refractivity contribution in [3.63, 3.8) is 0 Å². The summed E-state index contributed by atoms with van der Waals surface area (Å²) >= 11 is 0. The lowest BCUT2D eigenvalue weighted by atomic mass is 10.0. The summed E-state index contributed by atoms with van der Waals surface area (Å²) in [6.45, 7) is 6.16. The van der Waals surface area contributed by atoms with Crippen LogP contribution < -0.4 is 4.74 Å². The van der Waals surface area contributed by atoms with Crippen molar-refractivity contribution in [2.75, 3.05) is 0 Å². The van der Waals surface area contributed by atoms with Gasteiger partial charge >= 0.3 is 5.97 Å². The fraction of sp³-hybridized carbons (Fsp3) is 0.235. The van der Waals surface area contributed by atoms with Gasteiger partial charge in [0.25, 0.3) is 0 Å². The summed E-state index contributed by atoms with van der Waals surface area (Å²) in [5, 5.41) is 9.01. The number of hydrogen-bond acceptors (Lipinski definition) is 2. The van der Waals surface area contributed by atoms with Gasteiger partial charge in [0.1, 0.15) is 11.5 Å². The summed E-state index contributed by atoms with van der Waals surface area (Å²) in [6.07, 6.45) is 0. The Morgan fingerprint density at radius 2 is 1.75 bits per heavy atom. The maximum atomic E-state index is 11.0. The second-order valence-electron chi connectivity index (χ2n) is 5.11. The van der Waals surface area contributed by atoms with Crippen molar-refractivity contribution in [1.29, 1.82) is 0 Å². The minimum atomic E-state index is -0.954. The predicted octanol–water partition coefficient (Wildman–Crippen LogP) is 4.61. The number of carbonyl (C=O) groups is 1. The number of carboxylic acids is 1. The Morgan fingerprint density at radius 3 is 2.30 bits per heavy atom. The molecule has 0 bridgehead atoms. The highest BCUT2D eigenvalue weighted by Gasteiger charge is 2.08. The highest BCUT2D eigenvalue weighted by molar-refractivity contribution is 5.88. The standard InChI is InChI=1S/C17H18O3/c1-11(2)13-6-8-15(9-7-13)20-16-10-14(17(18)19)5-4-12(16)3/h4-11H,1-3H3,(H,18,19). The number of aromatic carboxylic acids is 1. The normalized spacial score (nSPS) is 10.6. The summed E-state index contributed by atoms with van der Waals surface area (Å²) in [6, 6.07) is 12.7. The van der Waals surface area contributed by atoms with Crippen LogP contribution in [0.5, 0.6) is 11.5 Å². The quantitative estimate of drug-likeness (QED) is 0.882. The molecule has 0 aliphatic heterocycles. The molecule has 0 amide bonds. The van der Waals surface area contributed by atoms with Gasteiger partial charge in [-0.2, -0.15) is 0 Å². The lowest BCUT2D eigenvalue weighted by Crippen LogP contribution is -1.97. The smallest absolute Gasteiger partial charge is 0.335 e. The Hall–Kier alpha value is -2.29. The molecule has 20 heavy (non-hydrogen) atoms. The molecule has 1 N–H and O–H groups in total. The zero-order valence-electron chi connectivity index (χ0n) is 11.9. The van der Waals surface area contributed by atoms with Gasteiger partial charge in [-0.1, -0.05) is 32.0 Å². The van der Waals surface area contributed by atoms with Crippen LogP contribution in [0.4, 0.5) is 0 Å². The van der Waals surface area contributed by atoms with Crippen LogP contribution >= 0.6 is 0 Å². The molecule has 0 saturated carbocycles. The molecule has 0 atom stereocenters. The number of rotatable bonds is 4. The Morgan fingerprint density at radius 1 is 1.10 bits per heavy atom. The maximum absolute atomic E-state index is 11.0. The third kappa shape index (κ3) is 3.18. The van der Waals surface area contributed by atoms with Gasteiger partial charge in [0.15, 0.2) is 0 Å². The fourth-order valence-electron chi connectivity index (χ4n) is 1.89. The number of carboxylic acid groups (broad SMARTS) is 1. The van der Waals surface area contributed by atoms with E-state index in [1.807, 2.05) is 31.2 Å². The van der Waals surface area contributed by atoms with Crippen LogP contribution in [0.25, 0.3) is 0 Å². The molecule has 0 spiro atoms. The van der Waals surface area contributed by atoms with Gasteiger partial charge in [-0.3, -0.25) is 0 Å². The largest absolute Gasteiger partial charge is 0.478 e. The average Bonchev–Trinajstić information content (AvgIpc) is 2.41. The van der Waals surface area contributed by atoms with E-state index in [4.69, 9.17) is 9.84 Å². The molecule has 104 valence electrons. The molecule has 0 unspecified atom stereocenters. The lowest BCUT2D eigenvalue weighted by Gasteiger charge is -2.11. The molecule has 0 saturated heterocycles. The van der Waals surface area contributed by atoms with Crippen LogP contribution in [0.2, 0.25) is 0 Å². The highest BCUT2D eigenvalue weighted by Crippen LogP contribution is 2.27. The van der Waals surface area contributed by atoms with E-state index < -0.39 is 5.97 Å². The topological polar surface area (TPSA) is 46.5 Å². The van der Waals surface area contributed by atoms with Crippen molar-refractivity contribution in [3.8, 4) is 11.5 Å². The monoisotopic (exact) mass is 270 g/mol. The zero-order chi connectivity index (χ0) is 14.7. The molecule has 0 aromatic heterocycles. The van der Waals surface area contributed by atoms with Gasteiger partial charge in [0.05, 0.1) is 5.56 Å². The van der Waals surface area contributed by atoms with Gasteiger partial charge in [-0.15, -0.1) is 0 Å². The molecule has 0 aliphatic rings. The molecule has 2 aromatic rings. The number of benzene rings is 2. The molecule has 2 rings (SSSR count). The summed E-state index contributed by atoms with van der Waals surface area (Å²) in [5.74, 6) is 0.799. The third-order valence-corrected chi connectivity index (χ3v) is 3.21. The molecule has 3 heteroatoms. The first kappa shape index (κ1) is 14.1. The summed E-state index contributed by atoms with van der Waals surface area (Å²) in [7, 11) is 0. The maximum Gasteiger partial charge on any atom is 0.335 e. The van der Waals surface area contributed by atoms with Gasteiger partial charge in [0.2, 0.25) is 0 Å². The molecule has 2 aromatic carbocycles. The highest BCUT2D eigenvalue weighted by atomic mass is 16.5. The first-order valence-corrected chi connectivity index (χ1v) is 6.59. The first-order valence-electron chi connectivity index (χ1n) is 6.59. The van der Waals surface area contributed by atoms with Crippen molar-refractivity contribution >= 4 is 5.97 Å². The molecule has 0 heterocycles. The Balaban J connectivity index is 2.25. The van der Waals surface area contributed by atoms with E-state index in [1.54, 1.807) is 18.2 Å². The molecule has 0 fully saturated rings. The number of hydrogen-bond donors (Lipinski definition) is 1. The van der Waals surface area contributed by atoms with Crippen LogP contribution in [0.3, 0.4) is 0 Å². The Labute approximate surface area is 118 Å². The molecule has 0 aliphatic carbocycles. The summed E-state index contributed by atoms with van der Waals surface area (Å²) < 4.78 is 5.77. The second-order valence-corrected chi connectivity index (χ2v) is 5.11. The third-order valence-electron chi connectivity index (χ3n) is 3.21. The van der Waals surface area contributed by atoms with Crippen LogP contribution in [0.1, 0.15) is 41.3 Å². The van der Waals surface area contributed by atoms with E-state index in [2.05, 4.69) is 13.8 Å². The summed E-state index contributed by atoms with van der Waals surface area (Å²) in [4.78, 5) is 11.0. The van der Waals surface area contributed by atoms with Crippen LogP contribution in [0.15, 0.2) is 42.5 Å². The Kier molecular flexibility index (Phi) is 4.08. The van der Waals surface area contributed by atoms with Gasteiger partial charge in [-0.05, 0) is 48.2 Å². The Bertz CT molecular complexity index is 613. The molecular weight excluding hydrogens is 252 g/mol. The average molecular weight is 270 g/mol. The van der Waals surface area contributed by atoms with Gasteiger partial charge in [-0.25, -0.2) is 4.79 Å². The molecular formula is C17H18O3.